The zero-order valence-electron chi connectivity index (χ0n) is 14.8. The van der Waals surface area contributed by atoms with Crippen LogP contribution in [0.15, 0.2) is 5.38 Å². The molecule has 5 nitrogen and oxygen atoms in total. The van der Waals surface area contributed by atoms with Crippen molar-refractivity contribution in [2.24, 2.45) is 17.1 Å². The summed E-state index contributed by atoms with van der Waals surface area (Å²) in [7, 11) is 1.91. The SMILES string of the molecule is Cc1nc(CN2CCC(C(=O)N(C)CC(C)(C)CN)CC2)cs1. The van der Waals surface area contributed by atoms with Gasteiger partial charge >= 0.3 is 0 Å². The molecule has 6 heteroatoms. The number of nitrogens with zero attached hydrogens (tertiary/aromatic N) is 3. The van der Waals surface area contributed by atoms with Gasteiger partial charge < -0.3 is 10.6 Å². The summed E-state index contributed by atoms with van der Waals surface area (Å²) in [6.07, 6.45) is 1.88. The lowest BCUT2D eigenvalue weighted by Gasteiger charge is -2.35. The molecule has 0 atom stereocenters. The topological polar surface area (TPSA) is 62.5 Å². The molecule has 0 aromatic carbocycles. The maximum absolute atomic E-state index is 12.6. The number of hydrogen-bond acceptors (Lipinski definition) is 5. The first-order valence-corrected chi connectivity index (χ1v) is 9.27. The Balaban J connectivity index is 1.80. The first-order chi connectivity index (χ1) is 10.8. The molecule has 0 spiro atoms. The van der Waals surface area contributed by atoms with Gasteiger partial charge in [-0.15, -0.1) is 11.3 Å². The molecule has 1 aromatic heterocycles. The first-order valence-electron chi connectivity index (χ1n) is 8.39. The van der Waals surface area contributed by atoms with E-state index in [1.54, 1.807) is 11.3 Å². The Morgan fingerprint density at radius 3 is 2.65 bits per heavy atom. The molecule has 1 aliphatic heterocycles. The zero-order chi connectivity index (χ0) is 17.0. The van der Waals surface area contributed by atoms with Crippen LogP contribution in [-0.2, 0) is 11.3 Å². The molecule has 23 heavy (non-hydrogen) atoms. The normalized spacial score (nSPS) is 17.4. The highest BCUT2D eigenvalue weighted by Crippen LogP contribution is 2.23. The molecular formula is C17H30N4OS. The molecule has 2 heterocycles. The van der Waals surface area contributed by atoms with Crippen LogP contribution in [0.4, 0.5) is 0 Å². The molecule has 0 aliphatic carbocycles. The van der Waals surface area contributed by atoms with E-state index >= 15 is 0 Å². The standard InChI is InChI=1S/C17H30N4OS/c1-13-19-15(10-23-13)9-21-7-5-14(6-8-21)16(22)20(4)12-17(2,3)11-18/h10,14H,5-9,11-12,18H2,1-4H3. The van der Waals surface area contributed by atoms with Crippen molar-refractivity contribution in [2.45, 2.75) is 40.2 Å². The van der Waals surface area contributed by atoms with E-state index in [2.05, 4.69) is 29.1 Å². The minimum absolute atomic E-state index is 0.0202. The van der Waals surface area contributed by atoms with Crippen molar-refractivity contribution in [3.05, 3.63) is 16.1 Å². The highest BCUT2D eigenvalue weighted by Gasteiger charge is 2.29. The Hall–Kier alpha value is -0.980. The van der Waals surface area contributed by atoms with Gasteiger partial charge in [0.15, 0.2) is 0 Å². The van der Waals surface area contributed by atoms with Gasteiger partial charge in [0.1, 0.15) is 0 Å². The van der Waals surface area contributed by atoms with Gasteiger partial charge in [-0.25, -0.2) is 4.98 Å². The van der Waals surface area contributed by atoms with Gasteiger partial charge in [-0.1, -0.05) is 13.8 Å². The van der Waals surface area contributed by atoms with Crippen LogP contribution in [0, 0.1) is 18.3 Å². The van der Waals surface area contributed by atoms with Crippen LogP contribution in [0.2, 0.25) is 0 Å². The van der Waals surface area contributed by atoms with Crippen LogP contribution >= 0.6 is 11.3 Å². The molecule has 0 saturated carbocycles. The minimum atomic E-state index is -0.0202. The number of likely N-dealkylation sites (tertiary alicyclic amines) is 1. The monoisotopic (exact) mass is 338 g/mol. The fourth-order valence-corrected chi connectivity index (χ4v) is 3.75. The molecular weight excluding hydrogens is 308 g/mol. The Morgan fingerprint density at radius 1 is 1.48 bits per heavy atom. The van der Waals surface area contributed by atoms with Gasteiger partial charge in [0.05, 0.1) is 10.7 Å². The number of hydrogen-bond donors (Lipinski definition) is 1. The number of rotatable bonds is 6. The summed E-state index contributed by atoms with van der Waals surface area (Å²) in [6, 6.07) is 0. The summed E-state index contributed by atoms with van der Waals surface area (Å²) in [5.41, 5.74) is 6.91. The summed E-state index contributed by atoms with van der Waals surface area (Å²) in [4.78, 5) is 21.4. The summed E-state index contributed by atoms with van der Waals surface area (Å²) in [5, 5.41) is 3.25. The molecule has 0 unspecified atom stereocenters. The van der Waals surface area contributed by atoms with Crippen LogP contribution < -0.4 is 5.73 Å². The zero-order valence-corrected chi connectivity index (χ0v) is 15.7. The Bertz CT molecular complexity index is 520. The predicted molar refractivity (Wildman–Crippen MR) is 95.3 cm³/mol. The number of thiazole rings is 1. The van der Waals surface area contributed by atoms with Gasteiger partial charge in [0.25, 0.3) is 0 Å². The molecule has 1 aromatic rings. The highest BCUT2D eigenvalue weighted by atomic mass is 32.1. The summed E-state index contributed by atoms with van der Waals surface area (Å²) in [5.74, 6) is 0.428. The molecule has 2 rings (SSSR count). The predicted octanol–water partition coefficient (Wildman–Crippen LogP) is 2.11. The number of carbonyl (C=O) groups excluding carboxylic acids is 1. The molecule has 1 fully saturated rings. The largest absolute Gasteiger partial charge is 0.345 e. The van der Waals surface area contributed by atoms with E-state index in [0.29, 0.717) is 6.54 Å². The Kier molecular flexibility index (Phi) is 6.17. The van der Waals surface area contributed by atoms with Crippen molar-refractivity contribution < 1.29 is 4.79 Å². The van der Waals surface area contributed by atoms with Gasteiger partial charge in [-0.05, 0) is 44.8 Å². The smallest absolute Gasteiger partial charge is 0.225 e. The Labute approximate surface area is 143 Å². The average molecular weight is 339 g/mol. The quantitative estimate of drug-likeness (QED) is 0.863. The van der Waals surface area contributed by atoms with Crippen molar-refractivity contribution in [3.63, 3.8) is 0 Å². The van der Waals surface area contributed by atoms with Crippen LogP contribution in [0.5, 0.6) is 0 Å². The number of amides is 1. The lowest BCUT2D eigenvalue weighted by atomic mass is 9.91. The third-order valence-electron chi connectivity index (χ3n) is 4.58. The number of aryl methyl sites for hydroxylation is 1. The van der Waals surface area contributed by atoms with E-state index in [1.807, 2.05) is 18.9 Å². The number of aromatic nitrogens is 1. The van der Waals surface area contributed by atoms with E-state index in [1.165, 1.54) is 0 Å². The van der Waals surface area contributed by atoms with Gasteiger partial charge in [-0.2, -0.15) is 0 Å². The fourth-order valence-electron chi connectivity index (χ4n) is 3.14. The van der Waals surface area contributed by atoms with E-state index in [9.17, 15) is 4.79 Å². The molecule has 2 N–H and O–H groups in total. The second-order valence-electron chi connectivity index (χ2n) is 7.47. The maximum atomic E-state index is 12.6. The van der Waals surface area contributed by atoms with Gasteiger partial charge in [0, 0.05) is 31.4 Å². The molecule has 1 aliphatic rings. The van der Waals surface area contributed by atoms with E-state index in [4.69, 9.17) is 5.73 Å². The number of carbonyl (C=O) groups is 1. The van der Waals surface area contributed by atoms with Gasteiger partial charge in [-0.3, -0.25) is 9.69 Å². The van der Waals surface area contributed by atoms with Crippen molar-refractivity contribution in [2.75, 3.05) is 33.2 Å². The van der Waals surface area contributed by atoms with E-state index < -0.39 is 0 Å². The number of piperidine rings is 1. The lowest BCUT2D eigenvalue weighted by molar-refractivity contribution is -0.137. The molecule has 1 amide bonds. The molecule has 0 radical (unpaired) electrons. The molecule has 130 valence electrons. The van der Waals surface area contributed by atoms with Crippen molar-refractivity contribution in [3.8, 4) is 0 Å². The average Bonchev–Trinajstić information content (AvgIpc) is 2.92. The first kappa shape index (κ1) is 18.4. The second-order valence-corrected chi connectivity index (χ2v) is 8.53. The minimum Gasteiger partial charge on any atom is -0.345 e. The Morgan fingerprint density at radius 2 is 2.13 bits per heavy atom. The summed E-state index contributed by atoms with van der Waals surface area (Å²) in [6.45, 7) is 10.4. The van der Waals surface area contributed by atoms with E-state index in [-0.39, 0.29) is 17.2 Å². The van der Waals surface area contributed by atoms with Gasteiger partial charge in [0.2, 0.25) is 5.91 Å². The van der Waals surface area contributed by atoms with Crippen molar-refractivity contribution in [1.82, 2.24) is 14.8 Å². The summed E-state index contributed by atoms with van der Waals surface area (Å²) >= 11 is 1.70. The summed E-state index contributed by atoms with van der Waals surface area (Å²) < 4.78 is 0. The van der Waals surface area contributed by atoms with Crippen LogP contribution in [0.3, 0.4) is 0 Å². The fraction of sp³-hybridized carbons (Fsp3) is 0.765. The van der Waals surface area contributed by atoms with Crippen LogP contribution in [-0.4, -0.2) is 53.9 Å². The van der Waals surface area contributed by atoms with Crippen LogP contribution in [0.25, 0.3) is 0 Å². The van der Waals surface area contributed by atoms with Crippen LogP contribution in [0.1, 0.15) is 37.4 Å². The third-order valence-corrected chi connectivity index (χ3v) is 5.41. The molecule has 0 bridgehead atoms. The van der Waals surface area contributed by atoms with Crippen molar-refractivity contribution >= 4 is 17.2 Å². The lowest BCUT2D eigenvalue weighted by Crippen LogP contribution is -2.45. The maximum Gasteiger partial charge on any atom is 0.225 e. The number of nitrogens with two attached hydrogens (primary N) is 1. The second kappa shape index (κ2) is 7.73. The third kappa shape index (κ3) is 5.26. The van der Waals surface area contributed by atoms with Crippen molar-refractivity contribution in [1.29, 1.82) is 0 Å². The molecule has 1 saturated heterocycles. The van der Waals surface area contributed by atoms with E-state index in [0.717, 1.165) is 49.7 Å². The highest BCUT2D eigenvalue weighted by molar-refractivity contribution is 7.09.